The fraction of sp³-hybridized carbons (Fsp3) is 0.150. The molecule has 27 heavy (non-hydrogen) atoms. The first-order valence-corrected chi connectivity index (χ1v) is 8.65. The molecule has 0 spiro atoms. The lowest BCUT2D eigenvalue weighted by molar-refractivity contribution is 0.0947. The third kappa shape index (κ3) is 3.67. The number of nitrogens with zero attached hydrogens (tertiary/aromatic N) is 2. The number of hydrogen-bond donors (Lipinski definition) is 2. The van der Waals surface area contributed by atoms with E-state index in [-0.39, 0.29) is 18.5 Å². The molecule has 0 radical (unpaired) electrons. The van der Waals surface area contributed by atoms with Gasteiger partial charge in [0.05, 0.1) is 6.54 Å². The molecular formula is C20H18N4O3. The number of aromatic nitrogens is 1. The van der Waals surface area contributed by atoms with Gasteiger partial charge in [-0.3, -0.25) is 9.69 Å². The Morgan fingerprint density at radius 1 is 1.15 bits per heavy atom. The summed E-state index contributed by atoms with van der Waals surface area (Å²) >= 11 is 0. The molecule has 1 aliphatic heterocycles. The predicted molar refractivity (Wildman–Crippen MR) is 100 cm³/mol. The number of amides is 3. The summed E-state index contributed by atoms with van der Waals surface area (Å²) in [5.41, 5.74) is 2.86. The number of benzene rings is 2. The van der Waals surface area contributed by atoms with Gasteiger partial charge in [0.1, 0.15) is 5.69 Å². The maximum absolute atomic E-state index is 12.5. The molecule has 7 nitrogen and oxygen atoms in total. The fourth-order valence-electron chi connectivity index (χ4n) is 2.94. The number of nitrogens with one attached hydrogen (secondary N) is 2. The van der Waals surface area contributed by atoms with Crippen molar-refractivity contribution in [2.75, 3.05) is 18.0 Å². The van der Waals surface area contributed by atoms with E-state index in [1.807, 2.05) is 36.4 Å². The smallest absolute Gasteiger partial charge is 0.321 e. The molecule has 0 atom stereocenters. The van der Waals surface area contributed by atoms with Crippen LogP contribution in [0.2, 0.25) is 0 Å². The minimum absolute atomic E-state index is 0.150. The average Bonchev–Trinajstić information content (AvgIpc) is 3.36. The first kappa shape index (κ1) is 16.8. The lowest BCUT2D eigenvalue weighted by atomic mass is 10.1. The first-order valence-electron chi connectivity index (χ1n) is 8.65. The average molecular weight is 362 g/mol. The quantitative estimate of drug-likeness (QED) is 0.731. The van der Waals surface area contributed by atoms with Crippen LogP contribution in [0.1, 0.15) is 16.1 Å². The van der Waals surface area contributed by atoms with Crippen molar-refractivity contribution >= 4 is 17.6 Å². The lowest BCUT2D eigenvalue weighted by Crippen LogP contribution is -2.28. The molecular weight excluding hydrogens is 344 g/mol. The van der Waals surface area contributed by atoms with Crippen LogP contribution in [0.4, 0.5) is 10.5 Å². The van der Waals surface area contributed by atoms with Crippen LogP contribution < -0.4 is 15.5 Å². The molecule has 0 aliphatic carbocycles. The normalized spacial score (nSPS) is 13.5. The van der Waals surface area contributed by atoms with Crippen LogP contribution in [-0.4, -0.2) is 30.2 Å². The van der Waals surface area contributed by atoms with Crippen LogP contribution in [0.5, 0.6) is 0 Å². The van der Waals surface area contributed by atoms with E-state index in [2.05, 4.69) is 15.8 Å². The number of carbonyl (C=O) groups excluding carboxylic acids is 2. The van der Waals surface area contributed by atoms with E-state index in [0.29, 0.717) is 30.1 Å². The van der Waals surface area contributed by atoms with Crippen LogP contribution in [0.15, 0.2) is 65.2 Å². The fourth-order valence-corrected chi connectivity index (χ4v) is 2.94. The summed E-state index contributed by atoms with van der Waals surface area (Å²) < 4.78 is 5.30. The van der Waals surface area contributed by atoms with Gasteiger partial charge >= 0.3 is 6.03 Å². The Balaban J connectivity index is 1.41. The number of anilines is 1. The third-order valence-electron chi connectivity index (χ3n) is 4.33. The van der Waals surface area contributed by atoms with Gasteiger partial charge in [0.2, 0.25) is 0 Å². The summed E-state index contributed by atoms with van der Waals surface area (Å²) in [4.78, 5) is 25.8. The van der Waals surface area contributed by atoms with E-state index in [9.17, 15) is 9.59 Å². The molecule has 2 aromatic carbocycles. The second kappa shape index (κ2) is 7.33. The van der Waals surface area contributed by atoms with Crippen LogP contribution in [0.25, 0.3) is 11.3 Å². The summed E-state index contributed by atoms with van der Waals surface area (Å²) in [7, 11) is 0. The van der Waals surface area contributed by atoms with Gasteiger partial charge in [0, 0.05) is 36.0 Å². The molecule has 1 fully saturated rings. The van der Waals surface area contributed by atoms with E-state index in [4.69, 9.17) is 4.52 Å². The van der Waals surface area contributed by atoms with Crippen molar-refractivity contribution in [2.24, 2.45) is 0 Å². The van der Waals surface area contributed by atoms with Gasteiger partial charge < -0.3 is 15.2 Å². The monoisotopic (exact) mass is 362 g/mol. The molecule has 4 rings (SSSR count). The summed E-state index contributed by atoms with van der Waals surface area (Å²) in [6.07, 6.45) is 0. The highest BCUT2D eigenvalue weighted by molar-refractivity contribution is 5.98. The van der Waals surface area contributed by atoms with Crippen molar-refractivity contribution < 1.29 is 14.1 Å². The van der Waals surface area contributed by atoms with E-state index >= 15 is 0 Å². The van der Waals surface area contributed by atoms with Crippen molar-refractivity contribution in [2.45, 2.75) is 6.54 Å². The second-order valence-electron chi connectivity index (χ2n) is 6.16. The standard InChI is InChI=1S/C20H18N4O3/c25-19(15-7-4-8-16(11-15)24-10-9-21-20(24)26)22-13-17-12-18(23-27-17)14-5-2-1-3-6-14/h1-8,11-12H,9-10,13H2,(H,21,26)(H,22,25). The summed E-state index contributed by atoms with van der Waals surface area (Å²) in [6.45, 7) is 1.42. The third-order valence-corrected chi connectivity index (χ3v) is 4.33. The lowest BCUT2D eigenvalue weighted by Gasteiger charge is -2.15. The first-order chi connectivity index (χ1) is 13.2. The topological polar surface area (TPSA) is 87.5 Å². The molecule has 0 bridgehead atoms. The molecule has 136 valence electrons. The molecule has 7 heteroatoms. The zero-order valence-corrected chi connectivity index (χ0v) is 14.5. The summed E-state index contributed by atoms with van der Waals surface area (Å²) in [6, 6.07) is 18.3. The van der Waals surface area contributed by atoms with E-state index in [0.717, 1.165) is 11.3 Å². The Labute approximate surface area is 156 Å². The minimum atomic E-state index is -0.242. The summed E-state index contributed by atoms with van der Waals surface area (Å²) in [5, 5.41) is 9.60. The second-order valence-corrected chi connectivity index (χ2v) is 6.16. The Bertz CT molecular complexity index is 968. The molecule has 1 saturated heterocycles. The molecule has 0 unspecified atom stereocenters. The number of rotatable bonds is 5. The van der Waals surface area contributed by atoms with Crippen LogP contribution in [0.3, 0.4) is 0 Å². The number of hydrogen-bond acceptors (Lipinski definition) is 4. The highest BCUT2D eigenvalue weighted by Crippen LogP contribution is 2.20. The highest BCUT2D eigenvalue weighted by Gasteiger charge is 2.21. The SMILES string of the molecule is O=C(NCc1cc(-c2ccccc2)no1)c1cccc(N2CCNC2=O)c1. The van der Waals surface area contributed by atoms with E-state index < -0.39 is 0 Å². The molecule has 3 amide bonds. The zero-order valence-electron chi connectivity index (χ0n) is 14.5. The van der Waals surface area contributed by atoms with Crippen molar-refractivity contribution in [3.8, 4) is 11.3 Å². The van der Waals surface area contributed by atoms with E-state index in [1.54, 1.807) is 29.2 Å². The van der Waals surface area contributed by atoms with Gasteiger partial charge in [0.15, 0.2) is 5.76 Å². The Hall–Kier alpha value is -3.61. The van der Waals surface area contributed by atoms with Gasteiger partial charge in [-0.05, 0) is 18.2 Å². The maximum Gasteiger partial charge on any atom is 0.321 e. The predicted octanol–water partition coefficient (Wildman–Crippen LogP) is 2.80. The van der Waals surface area contributed by atoms with Crippen molar-refractivity contribution in [1.29, 1.82) is 0 Å². The molecule has 2 heterocycles. The maximum atomic E-state index is 12.5. The molecule has 0 saturated carbocycles. The van der Waals surface area contributed by atoms with Gasteiger partial charge in [-0.2, -0.15) is 0 Å². The molecule has 1 aromatic heterocycles. The van der Waals surface area contributed by atoms with Crippen molar-refractivity contribution in [1.82, 2.24) is 15.8 Å². The zero-order chi connectivity index (χ0) is 18.6. The van der Waals surface area contributed by atoms with Crippen molar-refractivity contribution in [3.05, 3.63) is 72.0 Å². The molecule has 2 N–H and O–H groups in total. The number of urea groups is 1. The molecule has 3 aromatic rings. The largest absolute Gasteiger partial charge is 0.359 e. The van der Waals surface area contributed by atoms with Gasteiger partial charge in [0.25, 0.3) is 5.91 Å². The van der Waals surface area contributed by atoms with Crippen LogP contribution in [-0.2, 0) is 6.54 Å². The Morgan fingerprint density at radius 3 is 2.78 bits per heavy atom. The summed E-state index contributed by atoms with van der Waals surface area (Å²) in [5.74, 6) is 0.325. The highest BCUT2D eigenvalue weighted by atomic mass is 16.5. The van der Waals surface area contributed by atoms with Gasteiger partial charge in [-0.15, -0.1) is 0 Å². The number of carbonyl (C=O) groups is 2. The van der Waals surface area contributed by atoms with Crippen LogP contribution in [0, 0.1) is 0 Å². The minimum Gasteiger partial charge on any atom is -0.359 e. The van der Waals surface area contributed by atoms with Gasteiger partial charge in [-0.25, -0.2) is 4.79 Å². The van der Waals surface area contributed by atoms with Crippen molar-refractivity contribution in [3.63, 3.8) is 0 Å². The Kier molecular flexibility index (Phi) is 4.57. The molecule has 1 aliphatic rings. The van der Waals surface area contributed by atoms with Crippen LogP contribution >= 0.6 is 0 Å². The van der Waals surface area contributed by atoms with E-state index in [1.165, 1.54) is 0 Å². The van der Waals surface area contributed by atoms with Gasteiger partial charge in [-0.1, -0.05) is 41.6 Å². The Morgan fingerprint density at radius 2 is 2.00 bits per heavy atom.